The molecule has 0 radical (unpaired) electrons. The smallest absolute Gasteiger partial charge is 0.305 e. The normalized spacial score (nSPS) is 14.1. The summed E-state index contributed by atoms with van der Waals surface area (Å²) in [6.07, 6.45) is 0.0573. The van der Waals surface area contributed by atoms with Gasteiger partial charge in [0.05, 0.1) is 19.6 Å². The third-order valence-corrected chi connectivity index (χ3v) is 3.48. The maximum atomic E-state index is 11.3. The Bertz CT molecular complexity index is 410. The van der Waals surface area contributed by atoms with E-state index in [4.69, 9.17) is 9.47 Å². The Balaban J connectivity index is 3.00. The minimum atomic E-state index is -0.809. The van der Waals surface area contributed by atoms with Crippen LogP contribution in [-0.4, -0.2) is 56.0 Å². The van der Waals surface area contributed by atoms with E-state index in [2.05, 4.69) is 4.90 Å². The topological polar surface area (TPSA) is 59.0 Å². The summed E-state index contributed by atoms with van der Waals surface area (Å²) in [6, 6.07) is 9.64. The number of aliphatic carboxylic acids is 1. The standard InChI is InChI=1S/C16H25NO4/c1-13(12-21-3)17(9-10-20-2)15(11-16(18)19)14-7-5-4-6-8-14/h4-8,13,15H,9-12H2,1-3H3,(H,18,19). The van der Waals surface area contributed by atoms with Crippen LogP contribution in [0.15, 0.2) is 30.3 Å². The monoisotopic (exact) mass is 295 g/mol. The van der Waals surface area contributed by atoms with Gasteiger partial charge >= 0.3 is 5.97 Å². The minimum absolute atomic E-state index is 0.0573. The summed E-state index contributed by atoms with van der Waals surface area (Å²) in [6.45, 7) is 3.80. The van der Waals surface area contributed by atoms with Crippen LogP contribution >= 0.6 is 0 Å². The zero-order valence-electron chi connectivity index (χ0n) is 13.0. The van der Waals surface area contributed by atoms with Crippen molar-refractivity contribution in [3.05, 3.63) is 35.9 Å². The summed E-state index contributed by atoms with van der Waals surface area (Å²) in [4.78, 5) is 13.4. The molecule has 0 aliphatic heterocycles. The van der Waals surface area contributed by atoms with Gasteiger partial charge in [0.25, 0.3) is 0 Å². The van der Waals surface area contributed by atoms with Gasteiger partial charge in [0, 0.05) is 32.8 Å². The predicted molar refractivity (Wildman–Crippen MR) is 81.4 cm³/mol. The summed E-state index contributed by atoms with van der Waals surface area (Å²) in [5, 5.41) is 9.24. The lowest BCUT2D eigenvalue weighted by molar-refractivity contribution is -0.139. The predicted octanol–water partition coefficient (Wildman–Crippen LogP) is 2.19. The van der Waals surface area contributed by atoms with Crippen LogP contribution in [0.1, 0.15) is 24.9 Å². The van der Waals surface area contributed by atoms with Gasteiger partial charge in [0.2, 0.25) is 0 Å². The number of nitrogens with zero attached hydrogens (tertiary/aromatic N) is 1. The van der Waals surface area contributed by atoms with Crippen molar-refractivity contribution in [1.29, 1.82) is 0 Å². The summed E-state index contributed by atoms with van der Waals surface area (Å²) in [5.41, 5.74) is 0.999. The molecule has 0 heterocycles. The molecule has 2 atom stereocenters. The van der Waals surface area contributed by atoms with Gasteiger partial charge in [-0.3, -0.25) is 9.69 Å². The van der Waals surface area contributed by atoms with Crippen LogP contribution < -0.4 is 0 Å². The molecular weight excluding hydrogens is 270 g/mol. The fraction of sp³-hybridized carbons (Fsp3) is 0.562. The molecule has 1 aromatic rings. The quantitative estimate of drug-likeness (QED) is 0.717. The molecule has 1 N–H and O–H groups in total. The van der Waals surface area contributed by atoms with Crippen LogP contribution in [0.2, 0.25) is 0 Å². The highest BCUT2D eigenvalue weighted by atomic mass is 16.5. The van der Waals surface area contributed by atoms with Crippen LogP contribution in [0.5, 0.6) is 0 Å². The molecule has 0 amide bonds. The summed E-state index contributed by atoms with van der Waals surface area (Å²) in [7, 11) is 3.30. The molecule has 5 nitrogen and oxygen atoms in total. The van der Waals surface area contributed by atoms with Gasteiger partial charge in [0.1, 0.15) is 0 Å². The molecule has 0 aliphatic carbocycles. The molecule has 0 spiro atoms. The van der Waals surface area contributed by atoms with Crippen LogP contribution in [-0.2, 0) is 14.3 Å². The molecule has 0 aromatic heterocycles. The van der Waals surface area contributed by atoms with Gasteiger partial charge in [-0.15, -0.1) is 0 Å². The second-order valence-corrected chi connectivity index (χ2v) is 5.06. The third kappa shape index (κ3) is 5.83. The van der Waals surface area contributed by atoms with Gasteiger partial charge in [-0.05, 0) is 12.5 Å². The number of benzene rings is 1. The number of hydrogen-bond acceptors (Lipinski definition) is 4. The van der Waals surface area contributed by atoms with Gasteiger partial charge in [0.15, 0.2) is 0 Å². The largest absolute Gasteiger partial charge is 0.481 e. The highest BCUT2D eigenvalue weighted by Crippen LogP contribution is 2.26. The molecule has 1 rings (SSSR count). The SMILES string of the molecule is COCCN(C(C)COC)C(CC(=O)O)c1ccccc1. The number of ether oxygens (including phenoxy) is 2. The Hall–Kier alpha value is -1.43. The van der Waals surface area contributed by atoms with E-state index in [-0.39, 0.29) is 18.5 Å². The Morgan fingerprint density at radius 2 is 1.90 bits per heavy atom. The molecule has 118 valence electrons. The van der Waals surface area contributed by atoms with Crippen LogP contribution in [0.3, 0.4) is 0 Å². The van der Waals surface area contributed by atoms with Crippen molar-refractivity contribution in [3.8, 4) is 0 Å². The zero-order valence-corrected chi connectivity index (χ0v) is 13.0. The van der Waals surface area contributed by atoms with Crippen LogP contribution in [0, 0.1) is 0 Å². The van der Waals surface area contributed by atoms with Crippen LogP contribution in [0.4, 0.5) is 0 Å². The van der Waals surface area contributed by atoms with E-state index in [1.807, 2.05) is 37.3 Å². The van der Waals surface area contributed by atoms with E-state index in [0.717, 1.165) is 5.56 Å². The maximum absolute atomic E-state index is 11.3. The minimum Gasteiger partial charge on any atom is -0.481 e. The Morgan fingerprint density at radius 3 is 2.43 bits per heavy atom. The van der Waals surface area contributed by atoms with Crippen molar-refractivity contribution in [2.75, 3.05) is 34.0 Å². The fourth-order valence-corrected chi connectivity index (χ4v) is 2.48. The zero-order chi connectivity index (χ0) is 15.7. The van der Waals surface area contributed by atoms with Crippen molar-refractivity contribution in [1.82, 2.24) is 4.90 Å². The molecule has 2 unspecified atom stereocenters. The fourth-order valence-electron chi connectivity index (χ4n) is 2.48. The van der Waals surface area contributed by atoms with Crippen molar-refractivity contribution >= 4 is 5.97 Å². The van der Waals surface area contributed by atoms with E-state index >= 15 is 0 Å². The first-order valence-electron chi connectivity index (χ1n) is 7.10. The Labute approximate surface area is 126 Å². The third-order valence-electron chi connectivity index (χ3n) is 3.48. The van der Waals surface area contributed by atoms with Gasteiger partial charge in [-0.1, -0.05) is 30.3 Å². The highest BCUT2D eigenvalue weighted by molar-refractivity contribution is 5.68. The van der Waals surface area contributed by atoms with Gasteiger partial charge in [-0.2, -0.15) is 0 Å². The number of methoxy groups -OCH3 is 2. The second-order valence-electron chi connectivity index (χ2n) is 5.06. The van der Waals surface area contributed by atoms with Gasteiger partial charge < -0.3 is 14.6 Å². The molecular formula is C16H25NO4. The van der Waals surface area contributed by atoms with E-state index in [1.165, 1.54) is 0 Å². The average Bonchev–Trinajstić information content (AvgIpc) is 2.47. The molecule has 21 heavy (non-hydrogen) atoms. The molecule has 0 bridgehead atoms. The average molecular weight is 295 g/mol. The lowest BCUT2D eigenvalue weighted by atomic mass is 10.0. The number of carbonyl (C=O) groups is 1. The number of hydrogen-bond donors (Lipinski definition) is 1. The first-order valence-corrected chi connectivity index (χ1v) is 7.10. The molecule has 5 heteroatoms. The van der Waals surface area contributed by atoms with Crippen molar-refractivity contribution in [2.24, 2.45) is 0 Å². The molecule has 0 fully saturated rings. The molecule has 0 saturated carbocycles. The molecule has 1 aromatic carbocycles. The van der Waals surface area contributed by atoms with Crippen molar-refractivity contribution < 1.29 is 19.4 Å². The number of carboxylic acids is 1. The number of rotatable bonds is 10. The molecule has 0 aliphatic rings. The van der Waals surface area contributed by atoms with Crippen LogP contribution in [0.25, 0.3) is 0 Å². The summed E-state index contributed by atoms with van der Waals surface area (Å²) < 4.78 is 10.4. The van der Waals surface area contributed by atoms with Crippen molar-refractivity contribution in [2.45, 2.75) is 25.4 Å². The van der Waals surface area contributed by atoms with E-state index in [9.17, 15) is 9.90 Å². The number of carboxylic acid groups (broad SMARTS) is 1. The van der Waals surface area contributed by atoms with E-state index < -0.39 is 5.97 Å². The maximum Gasteiger partial charge on any atom is 0.305 e. The molecule has 0 saturated heterocycles. The summed E-state index contributed by atoms with van der Waals surface area (Å²) in [5.74, 6) is -0.809. The first kappa shape index (κ1) is 17.6. The van der Waals surface area contributed by atoms with Gasteiger partial charge in [-0.25, -0.2) is 0 Å². The Morgan fingerprint density at radius 1 is 1.24 bits per heavy atom. The van der Waals surface area contributed by atoms with E-state index in [1.54, 1.807) is 14.2 Å². The summed E-state index contributed by atoms with van der Waals surface area (Å²) >= 11 is 0. The van der Waals surface area contributed by atoms with Crippen molar-refractivity contribution in [3.63, 3.8) is 0 Å². The highest BCUT2D eigenvalue weighted by Gasteiger charge is 2.26. The lowest BCUT2D eigenvalue weighted by Crippen LogP contribution is -2.42. The second kappa shape index (κ2) is 9.50. The Kier molecular flexibility index (Phi) is 7.97. The lowest BCUT2D eigenvalue weighted by Gasteiger charge is -2.35. The first-order chi connectivity index (χ1) is 10.1. The van der Waals surface area contributed by atoms with E-state index in [0.29, 0.717) is 19.8 Å².